The predicted molar refractivity (Wildman–Crippen MR) is 85.0 cm³/mol. The van der Waals surface area contributed by atoms with Crippen LogP contribution in [0, 0.1) is 0 Å². The average Bonchev–Trinajstić information content (AvgIpc) is 2.99. The highest BCUT2D eigenvalue weighted by molar-refractivity contribution is 5.97. The average molecular weight is 370 g/mol. The number of aliphatic carboxylic acids is 1. The number of amides is 1. The van der Waals surface area contributed by atoms with E-state index in [0.29, 0.717) is 11.9 Å². The van der Waals surface area contributed by atoms with Gasteiger partial charge in [-0.25, -0.2) is 9.67 Å². The molecule has 0 aliphatic rings. The molecule has 0 spiro atoms. The molecule has 1 unspecified atom stereocenters. The van der Waals surface area contributed by atoms with Gasteiger partial charge in [0.25, 0.3) is 5.91 Å². The molecule has 0 radical (unpaired) electrons. The largest absolute Gasteiger partial charge is 0.480 e. The fourth-order valence-corrected chi connectivity index (χ4v) is 2.29. The maximum Gasteiger partial charge on any atom is 0.417 e. The molecule has 10 heteroatoms. The quantitative estimate of drug-likeness (QED) is 0.843. The van der Waals surface area contributed by atoms with Crippen LogP contribution in [-0.4, -0.2) is 37.8 Å². The van der Waals surface area contributed by atoms with Crippen molar-refractivity contribution < 1.29 is 27.9 Å². The Kier molecular flexibility index (Phi) is 5.33. The predicted octanol–water partition coefficient (Wildman–Crippen LogP) is 2.61. The number of carbonyl (C=O) groups is 2. The summed E-state index contributed by atoms with van der Waals surface area (Å²) in [6, 6.07) is 0.930. The molecular formula is C16H17F3N4O3. The fourth-order valence-electron chi connectivity index (χ4n) is 2.29. The molecule has 2 N–H and O–H groups in total. The maximum absolute atomic E-state index is 12.7. The number of alkyl halides is 3. The van der Waals surface area contributed by atoms with Crippen molar-refractivity contribution in [2.75, 3.05) is 0 Å². The second-order valence-corrected chi connectivity index (χ2v) is 5.95. The number of halogens is 3. The van der Waals surface area contributed by atoms with Crippen molar-refractivity contribution in [1.29, 1.82) is 0 Å². The summed E-state index contributed by atoms with van der Waals surface area (Å²) < 4.78 is 39.3. The molecule has 2 rings (SSSR count). The first-order valence-electron chi connectivity index (χ1n) is 7.67. The van der Waals surface area contributed by atoms with Gasteiger partial charge in [-0.15, -0.1) is 0 Å². The Morgan fingerprint density at radius 1 is 1.19 bits per heavy atom. The third-order valence-electron chi connectivity index (χ3n) is 3.61. The van der Waals surface area contributed by atoms with Gasteiger partial charge in [0.15, 0.2) is 5.82 Å². The molecule has 2 aromatic rings. The first-order valence-corrected chi connectivity index (χ1v) is 7.67. The Labute approximate surface area is 146 Å². The van der Waals surface area contributed by atoms with Gasteiger partial charge < -0.3 is 10.4 Å². The number of carboxylic acids is 1. The number of hydrogen-bond donors (Lipinski definition) is 2. The Hall–Kier alpha value is -2.91. The lowest BCUT2D eigenvalue weighted by Gasteiger charge is -2.14. The van der Waals surface area contributed by atoms with Crippen molar-refractivity contribution in [2.24, 2.45) is 0 Å². The van der Waals surface area contributed by atoms with Crippen LogP contribution in [0.25, 0.3) is 5.82 Å². The minimum atomic E-state index is -4.51. The number of nitrogens with one attached hydrogen (secondary N) is 1. The molecule has 0 saturated heterocycles. The van der Waals surface area contributed by atoms with Crippen LogP contribution in [-0.2, 0) is 11.0 Å². The molecule has 0 aliphatic heterocycles. The Bertz CT molecular complexity index is 813. The highest BCUT2D eigenvalue weighted by atomic mass is 19.4. The van der Waals surface area contributed by atoms with Gasteiger partial charge in [-0.1, -0.05) is 13.8 Å². The molecule has 0 aliphatic carbocycles. The van der Waals surface area contributed by atoms with Crippen molar-refractivity contribution in [1.82, 2.24) is 20.1 Å². The van der Waals surface area contributed by atoms with E-state index in [4.69, 9.17) is 5.11 Å². The van der Waals surface area contributed by atoms with Crippen LogP contribution in [0.5, 0.6) is 0 Å². The van der Waals surface area contributed by atoms with E-state index in [9.17, 15) is 22.8 Å². The zero-order chi connectivity index (χ0) is 19.6. The van der Waals surface area contributed by atoms with Crippen LogP contribution in [0.15, 0.2) is 24.5 Å². The minimum Gasteiger partial charge on any atom is -0.480 e. The number of aromatic nitrogens is 3. The molecule has 26 heavy (non-hydrogen) atoms. The second kappa shape index (κ2) is 7.14. The molecule has 0 aromatic carbocycles. The Morgan fingerprint density at radius 3 is 2.31 bits per heavy atom. The molecule has 140 valence electrons. The van der Waals surface area contributed by atoms with Gasteiger partial charge in [0.05, 0.1) is 23.0 Å². The van der Waals surface area contributed by atoms with Crippen LogP contribution < -0.4 is 5.32 Å². The SMILES string of the molecule is CC(NC(=O)c1cnn(-c2ccc(C(F)(F)F)cn2)c1C(C)C)C(=O)O. The zero-order valence-corrected chi connectivity index (χ0v) is 14.2. The van der Waals surface area contributed by atoms with Gasteiger partial charge in [-0.05, 0) is 25.0 Å². The summed E-state index contributed by atoms with van der Waals surface area (Å²) in [5.41, 5.74) is -0.352. The first-order chi connectivity index (χ1) is 12.0. The number of carbonyl (C=O) groups excluding carboxylic acids is 1. The molecule has 0 bridgehead atoms. The zero-order valence-electron chi connectivity index (χ0n) is 14.2. The van der Waals surface area contributed by atoms with Crippen LogP contribution in [0.3, 0.4) is 0 Å². The standard InChI is InChI=1S/C16H17F3N4O3/c1-8(2)13-11(14(24)22-9(3)15(25)26)7-21-23(13)12-5-4-10(6-20-12)16(17,18)19/h4-9H,1-3H3,(H,22,24)(H,25,26). The Balaban J connectivity index is 2.41. The summed E-state index contributed by atoms with van der Waals surface area (Å²) in [7, 11) is 0. The normalized spacial score (nSPS) is 12.9. The Morgan fingerprint density at radius 2 is 1.85 bits per heavy atom. The lowest BCUT2D eigenvalue weighted by molar-refractivity contribution is -0.139. The van der Waals surface area contributed by atoms with Crippen molar-refractivity contribution in [3.05, 3.63) is 41.3 Å². The van der Waals surface area contributed by atoms with Gasteiger partial charge in [-0.3, -0.25) is 9.59 Å². The number of rotatable bonds is 5. The molecule has 0 saturated carbocycles. The third kappa shape index (κ3) is 4.01. The highest BCUT2D eigenvalue weighted by Crippen LogP contribution is 2.29. The van der Waals surface area contributed by atoms with Gasteiger partial charge in [0.1, 0.15) is 6.04 Å². The molecule has 0 fully saturated rings. The van der Waals surface area contributed by atoms with Crippen LogP contribution in [0.4, 0.5) is 13.2 Å². The van der Waals surface area contributed by atoms with E-state index in [1.807, 2.05) is 0 Å². The fraction of sp³-hybridized carbons (Fsp3) is 0.375. The van der Waals surface area contributed by atoms with E-state index >= 15 is 0 Å². The first kappa shape index (κ1) is 19.4. The molecule has 1 amide bonds. The highest BCUT2D eigenvalue weighted by Gasteiger charge is 2.31. The van der Waals surface area contributed by atoms with E-state index < -0.39 is 29.7 Å². The number of hydrogen-bond acceptors (Lipinski definition) is 4. The monoisotopic (exact) mass is 370 g/mol. The van der Waals surface area contributed by atoms with Crippen molar-refractivity contribution in [2.45, 2.75) is 38.9 Å². The van der Waals surface area contributed by atoms with Crippen LogP contribution in [0.2, 0.25) is 0 Å². The summed E-state index contributed by atoms with van der Waals surface area (Å²) in [5, 5.41) is 15.3. The topological polar surface area (TPSA) is 97.1 Å². The number of pyridine rings is 1. The van der Waals surface area contributed by atoms with E-state index in [0.717, 1.165) is 12.1 Å². The van der Waals surface area contributed by atoms with Crippen molar-refractivity contribution in [3.63, 3.8) is 0 Å². The number of nitrogens with zero attached hydrogens (tertiary/aromatic N) is 3. The van der Waals surface area contributed by atoms with Crippen LogP contribution >= 0.6 is 0 Å². The molecule has 7 nitrogen and oxygen atoms in total. The van der Waals surface area contributed by atoms with Crippen molar-refractivity contribution >= 4 is 11.9 Å². The molecule has 2 aromatic heterocycles. The molecular weight excluding hydrogens is 353 g/mol. The van der Waals surface area contributed by atoms with Crippen molar-refractivity contribution in [3.8, 4) is 5.82 Å². The van der Waals surface area contributed by atoms with Crippen LogP contribution in [0.1, 0.15) is 48.3 Å². The van der Waals surface area contributed by atoms with E-state index in [2.05, 4.69) is 15.4 Å². The summed E-state index contributed by atoms with van der Waals surface area (Å²) >= 11 is 0. The molecule has 2 heterocycles. The molecule has 1 atom stereocenters. The summed E-state index contributed by atoms with van der Waals surface area (Å²) in [5.74, 6) is -1.93. The van der Waals surface area contributed by atoms with E-state index in [-0.39, 0.29) is 17.3 Å². The second-order valence-electron chi connectivity index (χ2n) is 5.95. The summed E-state index contributed by atoms with van der Waals surface area (Å²) in [6.07, 6.45) is -2.58. The number of carboxylic acid groups (broad SMARTS) is 1. The van der Waals surface area contributed by atoms with E-state index in [1.165, 1.54) is 17.8 Å². The minimum absolute atomic E-state index is 0.118. The lowest BCUT2D eigenvalue weighted by Crippen LogP contribution is -2.38. The third-order valence-corrected chi connectivity index (χ3v) is 3.61. The summed E-state index contributed by atoms with van der Waals surface area (Å²) in [4.78, 5) is 27.0. The maximum atomic E-state index is 12.7. The lowest BCUT2D eigenvalue weighted by atomic mass is 10.0. The van der Waals surface area contributed by atoms with Gasteiger partial charge in [-0.2, -0.15) is 18.3 Å². The smallest absolute Gasteiger partial charge is 0.417 e. The van der Waals surface area contributed by atoms with Gasteiger partial charge >= 0.3 is 12.1 Å². The van der Waals surface area contributed by atoms with Gasteiger partial charge in [0, 0.05) is 6.20 Å². The van der Waals surface area contributed by atoms with Gasteiger partial charge in [0.2, 0.25) is 0 Å². The van der Waals surface area contributed by atoms with E-state index in [1.54, 1.807) is 13.8 Å². The summed E-state index contributed by atoms with van der Waals surface area (Å²) in [6.45, 7) is 4.86.